The number of ether oxygens (including phenoxy) is 1. The Kier molecular flexibility index (Phi) is 5.00. The molecule has 1 aliphatic heterocycles. The number of aromatic nitrogens is 1. The van der Waals surface area contributed by atoms with E-state index < -0.39 is 0 Å². The summed E-state index contributed by atoms with van der Waals surface area (Å²) in [5.41, 5.74) is 12.1. The van der Waals surface area contributed by atoms with Crippen molar-refractivity contribution in [3.8, 4) is 50.6 Å². The molecule has 210 valence electrons. The fourth-order valence-electron chi connectivity index (χ4n) is 7.13. The molecule has 0 N–H and O–H groups in total. The van der Waals surface area contributed by atoms with E-state index in [1.54, 1.807) is 0 Å². The van der Waals surface area contributed by atoms with Gasteiger partial charge in [-0.2, -0.15) is 0 Å². The fraction of sp³-hybridized carbons (Fsp3) is 0. The second-order valence-corrected chi connectivity index (χ2v) is 11.7. The Balaban J connectivity index is 1.21. The smallest absolute Gasteiger partial charge is 0.136 e. The minimum Gasteiger partial charge on any atom is -0.456 e. The van der Waals surface area contributed by atoms with Crippen molar-refractivity contribution in [2.24, 2.45) is 0 Å². The second-order valence-electron chi connectivity index (χ2n) is 11.7. The van der Waals surface area contributed by atoms with E-state index in [9.17, 15) is 0 Å². The third kappa shape index (κ3) is 3.58. The number of furan rings is 1. The predicted octanol–water partition coefficient (Wildman–Crippen LogP) is 11.8. The maximum atomic E-state index is 6.51. The lowest BCUT2D eigenvalue weighted by Gasteiger charge is -2.12. The van der Waals surface area contributed by atoms with Crippen LogP contribution in [0.3, 0.4) is 0 Å². The topological polar surface area (TPSA) is 27.3 Å². The first-order chi connectivity index (χ1) is 22.3. The van der Waals surface area contributed by atoms with Crippen LogP contribution in [0.5, 0.6) is 11.5 Å². The van der Waals surface area contributed by atoms with E-state index in [1.807, 2.05) is 24.3 Å². The number of nitrogens with zero attached hydrogens (tertiary/aromatic N) is 1. The summed E-state index contributed by atoms with van der Waals surface area (Å²) >= 11 is 0. The highest BCUT2D eigenvalue weighted by Crippen LogP contribution is 2.48. The minimum atomic E-state index is 0.866. The van der Waals surface area contributed by atoms with Gasteiger partial charge in [-0.1, -0.05) is 91.0 Å². The van der Waals surface area contributed by atoms with Gasteiger partial charge in [0.05, 0.1) is 11.0 Å². The average Bonchev–Trinajstić information content (AvgIpc) is 3.57. The van der Waals surface area contributed by atoms with Crippen molar-refractivity contribution in [2.75, 3.05) is 0 Å². The molecule has 0 unspecified atom stereocenters. The molecule has 10 rings (SSSR count). The van der Waals surface area contributed by atoms with Crippen LogP contribution in [0, 0.1) is 0 Å². The molecule has 3 nitrogen and oxygen atoms in total. The van der Waals surface area contributed by atoms with E-state index >= 15 is 0 Å². The number of hydrogen-bond donors (Lipinski definition) is 0. The SMILES string of the molecule is c1ccc(-n2c3ccc(-c4ccc5c(c4)-c4ccccc4-c4ccccc4O5)cc3c3cc4oc5ccccc5c4cc32)cc1. The van der Waals surface area contributed by atoms with E-state index in [1.165, 1.54) is 21.9 Å². The average molecular weight is 576 g/mol. The van der Waals surface area contributed by atoms with Gasteiger partial charge in [0.25, 0.3) is 0 Å². The van der Waals surface area contributed by atoms with Crippen LogP contribution in [-0.2, 0) is 0 Å². The molecular formula is C42H25NO2. The lowest BCUT2D eigenvalue weighted by atomic mass is 9.92. The fourth-order valence-corrected chi connectivity index (χ4v) is 7.13. The minimum absolute atomic E-state index is 0.866. The molecule has 2 aromatic heterocycles. The van der Waals surface area contributed by atoms with Crippen LogP contribution in [0.25, 0.3) is 82.8 Å². The van der Waals surface area contributed by atoms with Gasteiger partial charge in [0.15, 0.2) is 0 Å². The summed E-state index contributed by atoms with van der Waals surface area (Å²) in [4.78, 5) is 0. The van der Waals surface area contributed by atoms with Crippen LogP contribution < -0.4 is 4.74 Å². The Morgan fingerprint density at radius 1 is 0.378 bits per heavy atom. The van der Waals surface area contributed by atoms with Crippen LogP contribution >= 0.6 is 0 Å². The number of hydrogen-bond acceptors (Lipinski definition) is 2. The summed E-state index contributed by atoms with van der Waals surface area (Å²) < 4.78 is 15.2. The van der Waals surface area contributed by atoms with Gasteiger partial charge in [-0.25, -0.2) is 0 Å². The third-order valence-corrected chi connectivity index (χ3v) is 9.21. The van der Waals surface area contributed by atoms with Crippen molar-refractivity contribution in [2.45, 2.75) is 0 Å². The van der Waals surface area contributed by atoms with Gasteiger partial charge < -0.3 is 13.7 Å². The van der Waals surface area contributed by atoms with E-state index in [0.29, 0.717) is 0 Å². The maximum absolute atomic E-state index is 6.51. The molecule has 0 saturated heterocycles. The van der Waals surface area contributed by atoms with Crippen molar-refractivity contribution in [1.29, 1.82) is 0 Å². The Hall–Kier alpha value is -6.06. The van der Waals surface area contributed by atoms with Crippen LogP contribution in [0.4, 0.5) is 0 Å². The quantitative estimate of drug-likeness (QED) is 0.205. The standard InChI is InChI=1S/C42H25NO2/c1-2-10-28(11-3-1)43-37-20-18-26(22-33(37)34-25-42-36(24-38(34)43)32-15-7-9-17-40(32)45-42)27-19-21-41-35(23-27)30-13-5-4-12-29(30)31-14-6-8-16-39(31)44-41/h1-25H. The van der Waals surface area contributed by atoms with Crippen LogP contribution in [0.2, 0.25) is 0 Å². The van der Waals surface area contributed by atoms with Crippen LogP contribution in [0.15, 0.2) is 156 Å². The third-order valence-electron chi connectivity index (χ3n) is 9.21. The van der Waals surface area contributed by atoms with Crippen LogP contribution in [-0.4, -0.2) is 4.57 Å². The summed E-state index contributed by atoms with van der Waals surface area (Å²) in [6, 6.07) is 53.6. The highest BCUT2D eigenvalue weighted by molar-refractivity contribution is 6.17. The largest absolute Gasteiger partial charge is 0.456 e. The van der Waals surface area contributed by atoms with E-state index in [0.717, 1.165) is 72.4 Å². The molecule has 7 aromatic carbocycles. The molecule has 45 heavy (non-hydrogen) atoms. The zero-order chi connectivity index (χ0) is 29.5. The van der Waals surface area contributed by atoms with Gasteiger partial charge in [-0.3, -0.25) is 0 Å². The normalized spacial score (nSPS) is 12.2. The lowest BCUT2D eigenvalue weighted by Crippen LogP contribution is -1.93. The van der Waals surface area contributed by atoms with Crippen LogP contribution in [0.1, 0.15) is 0 Å². The molecule has 0 atom stereocenters. The first kappa shape index (κ1) is 24.4. The molecule has 0 fully saturated rings. The monoisotopic (exact) mass is 575 g/mol. The van der Waals surface area contributed by atoms with Gasteiger partial charge in [-0.15, -0.1) is 0 Å². The molecular weight excluding hydrogens is 550 g/mol. The van der Waals surface area contributed by atoms with Crippen molar-refractivity contribution < 1.29 is 9.15 Å². The Bertz CT molecular complexity index is 2620. The zero-order valence-corrected chi connectivity index (χ0v) is 24.2. The highest BCUT2D eigenvalue weighted by atomic mass is 16.5. The van der Waals surface area contributed by atoms with Crippen molar-refractivity contribution in [3.05, 3.63) is 152 Å². The molecule has 1 aliphatic rings. The predicted molar refractivity (Wildman–Crippen MR) is 184 cm³/mol. The summed E-state index contributed by atoms with van der Waals surface area (Å²) in [5.74, 6) is 1.74. The number of fused-ring (bicyclic) bond motifs is 11. The van der Waals surface area contributed by atoms with Gasteiger partial charge >= 0.3 is 0 Å². The zero-order valence-electron chi connectivity index (χ0n) is 24.2. The summed E-state index contributed by atoms with van der Waals surface area (Å²) in [6.45, 7) is 0. The number of para-hydroxylation sites is 3. The molecule has 3 heterocycles. The van der Waals surface area contributed by atoms with E-state index in [-0.39, 0.29) is 0 Å². The van der Waals surface area contributed by atoms with E-state index in [4.69, 9.17) is 9.15 Å². The Morgan fingerprint density at radius 3 is 1.93 bits per heavy atom. The Morgan fingerprint density at radius 2 is 1.04 bits per heavy atom. The molecule has 0 spiro atoms. The summed E-state index contributed by atoms with van der Waals surface area (Å²) in [5, 5.41) is 4.62. The molecule has 0 bridgehead atoms. The maximum Gasteiger partial charge on any atom is 0.136 e. The molecule has 9 aromatic rings. The molecule has 0 aliphatic carbocycles. The van der Waals surface area contributed by atoms with Crippen molar-refractivity contribution >= 4 is 43.7 Å². The molecule has 0 radical (unpaired) electrons. The van der Waals surface area contributed by atoms with Gasteiger partial charge in [0.2, 0.25) is 0 Å². The lowest BCUT2D eigenvalue weighted by molar-refractivity contribution is 0.488. The number of rotatable bonds is 2. The van der Waals surface area contributed by atoms with Gasteiger partial charge in [0.1, 0.15) is 22.7 Å². The number of benzene rings is 7. The highest BCUT2D eigenvalue weighted by Gasteiger charge is 2.22. The molecule has 0 amide bonds. The van der Waals surface area contributed by atoms with Gasteiger partial charge in [0, 0.05) is 38.4 Å². The van der Waals surface area contributed by atoms with E-state index in [2.05, 4.69) is 132 Å². The van der Waals surface area contributed by atoms with Gasteiger partial charge in [-0.05, 0) is 82.9 Å². The first-order valence-electron chi connectivity index (χ1n) is 15.3. The summed E-state index contributed by atoms with van der Waals surface area (Å²) in [7, 11) is 0. The van der Waals surface area contributed by atoms with Crippen molar-refractivity contribution in [3.63, 3.8) is 0 Å². The summed E-state index contributed by atoms with van der Waals surface area (Å²) in [6.07, 6.45) is 0. The molecule has 3 heteroatoms. The van der Waals surface area contributed by atoms with Crippen molar-refractivity contribution in [1.82, 2.24) is 4.57 Å². The Labute approximate surface area is 259 Å². The molecule has 0 saturated carbocycles. The first-order valence-corrected chi connectivity index (χ1v) is 15.3. The second kappa shape index (κ2) is 9.22.